The fraction of sp³-hybridized carbons (Fsp3) is 0.167. The number of nitrogens with zero attached hydrogens (tertiary/aromatic N) is 1. The van der Waals surface area contributed by atoms with Crippen molar-refractivity contribution in [1.82, 2.24) is 0 Å². The highest BCUT2D eigenvalue weighted by Crippen LogP contribution is 2.42. The third-order valence-corrected chi connectivity index (χ3v) is 6.33. The van der Waals surface area contributed by atoms with Gasteiger partial charge in [0.2, 0.25) is 5.91 Å². The van der Waals surface area contributed by atoms with Gasteiger partial charge in [-0.15, -0.1) is 11.8 Å². The molecule has 0 spiro atoms. The van der Waals surface area contributed by atoms with E-state index < -0.39 is 0 Å². The van der Waals surface area contributed by atoms with Gasteiger partial charge in [0.05, 0.1) is 5.75 Å². The maximum absolute atomic E-state index is 13.3. The lowest BCUT2D eigenvalue weighted by atomic mass is 10.1. The molecule has 1 heterocycles. The minimum absolute atomic E-state index is 0.0345. The fourth-order valence-corrected chi connectivity index (χ4v) is 4.78. The zero-order valence-electron chi connectivity index (χ0n) is 17.2. The molecule has 158 valence electrons. The van der Waals surface area contributed by atoms with Gasteiger partial charge in [-0.3, -0.25) is 9.69 Å². The number of halogens is 1. The first-order valence-corrected chi connectivity index (χ1v) is 10.9. The number of hydrogen-bond acceptors (Lipinski definition) is 3. The Kier molecular flexibility index (Phi) is 5.95. The molecule has 3 amide bonds. The van der Waals surface area contributed by atoms with Crippen molar-refractivity contribution < 1.29 is 14.0 Å². The lowest BCUT2D eigenvalue weighted by molar-refractivity contribution is -0.115. The third-order valence-electron chi connectivity index (χ3n) is 5.12. The summed E-state index contributed by atoms with van der Waals surface area (Å²) < 4.78 is 13.3. The fourth-order valence-electron chi connectivity index (χ4n) is 3.61. The molecule has 31 heavy (non-hydrogen) atoms. The molecule has 1 aliphatic heterocycles. The molecule has 0 aromatic heterocycles. The Morgan fingerprint density at radius 3 is 2.39 bits per heavy atom. The van der Waals surface area contributed by atoms with Crippen LogP contribution in [0.1, 0.15) is 22.1 Å². The number of carbonyl (C=O) groups excluding carboxylic acids is 2. The SMILES string of the molecule is Cc1cccc(C)c1NC(=O)Nc1cccc(C2SCC(=O)N2c2ccc(F)cc2)c1. The number of nitrogens with one attached hydrogen (secondary N) is 2. The molecule has 0 radical (unpaired) electrons. The third kappa shape index (κ3) is 4.56. The molecule has 3 aromatic carbocycles. The minimum atomic E-state index is -0.347. The van der Waals surface area contributed by atoms with E-state index in [1.165, 1.54) is 23.9 Å². The predicted octanol–water partition coefficient (Wildman–Crippen LogP) is 5.87. The number of carbonyl (C=O) groups is 2. The number of anilines is 3. The van der Waals surface area contributed by atoms with Crippen molar-refractivity contribution in [2.24, 2.45) is 0 Å². The Morgan fingerprint density at radius 2 is 1.68 bits per heavy atom. The van der Waals surface area contributed by atoms with Crippen LogP contribution in [0.15, 0.2) is 66.7 Å². The first-order chi connectivity index (χ1) is 14.9. The molecule has 1 atom stereocenters. The van der Waals surface area contributed by atoms with Gasteiger partial charge in [0.15, 0.2) is 0 Å². The largest absolute Gasteiger partial charge is 0.323 e. The summed E-state index contributed by atoms with van der Waals surface area (Å²) in [5.74, 6) is -0.0410. The smallest absolute Gasteiger partial charge is 0.308 e. The topological polar surface area (TPSA) is 61.4 Å². The highest BCUT2D eigenvalue weighted by atomic mass is 32.2. The van der Waals surface area contributed by atoms with E-state index in [9.17, 15) is 14.0 Å². The van der Waals surface area contributed by atoms with E-state index in [0.717, 1.165) is 22.4 Å². The lowest BCUT2D eigenvalue weighted by Crippen LogP contribution is -2.28. The maximum atomic E-state index is 13.3. The van der Waals surface area contributed by atoms with Crippen molar-refractivity contribution >= 4 is 40.8 Å². The average molecular weight is 436 g/mol. The molecule has 2 N–H and O–H groups in total. The number of thioether (sulfide) groups is 1. The standard InChI is InChI=1S/C24H22FN3O2S/c1-15-5-3-6-16(2)22(15)27-24(30)26-19-8-4-7-17(13-19)23-28(21(29)14-31-23)20-11-9-18(25)10-12-20/h3-13,23H,14H2,1-2H3,(H2,26,27,30). The number of hydrogen-bond donors (Lipinski definition) is 2. The van der Waals surface area contributed by atoms with Gasteiger partial charge >= 0.3 is 6.03 Å². The molecule has 1 aliphatic rings. The van der Waals surface area contributed by atoms with Crippen LogP contribution in [0.5, 0.6) is 0 Å². The summed E-state index contributed by atoms with van der Waals surface area (Å²) in [5, 5.41) is 5.53. The van der Waals surface area contributed by atoms with Crippen molar-refractivity contribution in [2.75, 3.05) is 21.3 Å². The normalized spacial score (nSPS) is 15.8. The first kappa shape index (κ1) is 20.9. The van der Waals surface area contributed by atoms with E-state index in [-0.39, 0.29) is 23.1 Å². The molecule has 0 bridgehead atoms. The second kappa shape index (κ2) is 8.81. The first-order valence-electron chi connectivity index (χ1n) is 9.86. The Labute approximate surface area is 184 Å². The monoisotopic (exact) mass is 435 g/mol. The van der Waals surface area contributed by atoms with Crippen LogP contribution in [0.3, 0.4) is 0 Å². The number of amides is 3. The van der Waals surface area contributed by atoms with Crippen molar-refractivity contribution in [3.05, 3.63) is 89.2 Å². The van der Waals surface area contributed by atoms with Crippen LogP contribution < -0.4 is 15.5 Å². The summed E-state index contributed by atoms with van der Waals surface area (Å²) in [5.41, 5.74) is 4.91. The predicted molar refractivity (Wildman–Crippen MR) is 124 cm³/mol. The highest BCUT2D eigenvalue weighted by molar-refractivity contribution is 8.00. The van der Waals surface area contributed by atoms with E-state index in [0.29, 0.717) is 17.1 Å². The summed E-state index contributed by atoms with van der Waals surface area (Å²) in [4.78, 5) is 26.7. The number of rotatable bonds is 4. The molecule has 3 aromatic rings. The molecule has 1 fully saturated rings. The van der Waals surface area contributed by atoms with Crippen LogP contribution >= 0.6 is 11.8 Å². The quantitative estimate of drug-likeness (QED) is 0.539. The summed E-state index contributed by atoms with van der Waals surface area (Å²) in [6, 6.07) is 18.8. The van der Waals surface area contributed by atoms with Crippen molar-refractivity contribution in [3.8, 4) is 0 Å². The molecule has 7 heteroatoms. The van der Waals surface area contributed by atoms with E-state index in [4.69, 9.17) is 0 Å². The minimum Gasteiger partial charge on any atom is -0.308 e. The van der Waals surface area contributed by atoms with Crippen LogP contribution in [0.4, 0.5) is 26.2 Å². The van der Waals surface area contributed by atoms with Crippen molar-refractivity contribution in [1.29, 1.82) is 0 Å². The van der Waals surface area contributed by atoms with E-state index in [1.807, 2.05) is 50.2 Å². The zero-order chi connectivity index (χ0) is 22.0. The Balaban J connectivity index is 1.53. The summed E-state index contributed by atoms with van der Waals surface area (Å²) >= 11 is 1.50. The average Bonchev–Trinajstić information content (AvgIpc) is 3.13. The molecule has 4 rings (SSSR count). The Morgan fingerprint density at radius 1 is 1.00 bits per heavy atom. The van der Waals surface area contributed by atoms with Gasteiger partial charge in [0.1, 0.15) is 11.2 Å². The van der Waals surface area contributed by atoms with Gasteiger partial charge in [-0.2, -0.15) is 0 Å². The van der Waals surface area contributed by atoms with Gasteiger partial charge in [0.25, 0.3) is 0 Å². The molecule has 1 unspecified atom stereocenters. The van der Waals surface area contributed by atoms with Gasteiger partial charge in [-0.05, 0) is 66.9 Å². The second-order valence-electron chi connectivity index (χ2n) is 7.37. The van der Waals surface area contributed by atoms with Crippen LogP contribution in [0.25, 0.3) is 0 Å². The molecule has 0 saturated carbocycles. The van der Waals surface area contributed by atoms with Crippen molar-refractivity contribution in [2.45, 2.75) is 19.2 Å². The maximum Gasteiger partial charge on any atom is 0.323 e. The number of benzene rings is 3. The molecule has 1 saturated heterocycles. The number of para-hydroxylation sites is 1. The number of aryl methyl sites for hydroxylation is 2. The van der Waals surface area contributed by atoms with Gasteiger partial charge < -0.3 is 10.6 Å². The van der Waals surface area contributed by atoms with E-state index in [2.05, 4.69) is 10.6 Å². The molecule has 0 aliphatic carbocycles. The zero-order valence-corrected chi connectivity index (χ0v) is 18.0. The van der Waals surface area contributed by atoms with Gasteiger partial charge in [-0.25, -0.2) is 9.18 Å². The van der Waals surface area contributed by atoms with Crippen LogP contribution in [0.2, 0.25) is 0 Å². The Hall–Kier alpha value is -3.32. The van der Waals surface area contributed by atoms with Crippen LogP contribution in [-0.4, -0.2) is 17.7 Å². The second-order valence-corrected chi connectivity index (χ2v) is 8.44. The van der Waals surface area contributed by atoms with Crippen LogP contribution in [0, 0.1) is 19.7 Å². The van der Waals surface area contributed by atoms with E-state index >= 15 is 0 Å². The van der Waals surface area contributed by atoms with Gasteiger partial charge in [0, 0.05) is 17.1 Å². The van der Waals surface area contributed by atoms with Gasteiger partial charge in [-0.1, -0.05) is 30.3 Å². The molecule has 5 nitrogen and oxygen atoms in total. The molecular formula is C24H22FN3O2S. The van der Waals surface area contributed by atoms with E-state index in [1.54, 1.807) is 23.1 Å². The molecular weight excluding hydrogens is 413 g/mol. The van der Waals surface area contributed by atoms with Crippen molar-refractivity contribution in [3.63, 3.8) is 0 Å². The highest BCUT2D eigenvalue weighted by Gasteiger charge is 2.34. The summed E-state index contributed by atoms with van der Waals surface area (Å²) in [7, 11) is 0. The number of urea groups is 1. The Bertz CT molecular complexity index is 1110. The summed E-state index contributed by atoms with van der Waals surface area (Å²) in [6.07, 6.45) is 0. The van der Waals surface area contributed by atoms with Crippen LogP contribution in [-0.2, 0) is 4.79 Å². The summed E-state index contributed by atoms with van der Waals surface area (Å²) in [6.45, 7) is 3.89. The lowest BCUT2D eigenvalue weighted by Gasteiger charge is -2.24.